The molecule has 0 spiro atoms. The molecule has 0 aliphatic carbocycles. The van der Waals surface area contributed by atoms with Crippen LogP contribution in [0.4, 0.5) is 10.5 Å². The van der Waals surface area contributed by atoms with Crippen LogP contribution in [-0.4, -0.2) is 23.3 Å². The van der Waals surface area contributed by atoms with Crippen molar-refractivity contribution >= 4 is 23.3 Å². The number of rotatable bonds is 4. The van der Waals surface area contributed by atoms with Crippen molar-refractivity contribution in [2.45, 2.75) is 25.8 Å². The first kappa shape index (κ1) is 15.3. The zero-order valence-electron chi connectivity index (χ0n) is 10.8. The van der Waals surface area contributed by atoms with E-state index in [1.165, 1.54) is 12.1 Å². The van der Waals surface area contributed by atoms with E-state index in [1.54, 1.807) is 13.0 Å². The van der Waals surface area contributed by atoms with Gasteiger partial charge in [0, 0.05) is 5.69 Å². The van der Waals surface area contributed by atoms with Crippen molar-refractivity contribution in [1.82, 2.24) is 5.32 Å². The van der Waals surface area contributed by atoms with Gasteiger partial charge in [0.1, 0.15) is 6.07 Å². The van der Waals surface area contributed by atoms with Crippen LogP contribution in [0.1, 0.15) is 25.8 Å². The number of hydrogen-bond donors (Lipinski definition) is 3. The van der Waals surface area contributed by atoms with Crippen LogP contribution in [0.2, 0.25) is 5.02 Å². The Balaban J connectivity index is 2.73. The quantitative estimate of drug-likeness (QED) is 0.792. The number of carbonyl (C=O) groups is 1. The lowest BCUT2D eigenvalue weighted by Gasteiger charge is -2.27. The number of nitrogens with one attached hydrogen (secondary N) is 2. The Kier molecular flexibility index (Phi) is 5.16. The van der Waals surface area contributed by atoms with E-state index >= 15 is 0 Å². The summed E-state index contributed by atoms with van der Waals surface area (Å²) in [6.45, 7) is 3.47. The van der Waals surface area contributed by atoms with Gasteiger partial charge < -0.3 is 15.7 Å². The molecule has 0 heterocycles. The van der Waals surface area contributed by atoms with Crippen LogP contribution in [0.15, 0.2) is 18.2 Å². The van der Waals surface area contributed by atoms with Crippen LogP contribution in [0.25, 0.3) is 0 Å². The fraction of sp³-hybridized carbons (Fsp3) is 0.385. The Bertz CT molecular complexity index is 507. The second-order valence-corrected chi connectivity index (χ2v) is 4.87. The number of aliphatic hydroxyl groups excluding tert-OH is 1. The zero-order valence-corrected chi connectivity index (χ0v) is 11.6. The summed E-state index contributed by atoms with van der Waals surface area (Å²) in [5.41, 5.74) is 0.166. The van der Waals surface area contributed by atoms with Gasteiger partial charge in [-0.1, -0.05) is 18.5 Å². The van der Waals surface area contributed by atoms with Crippen molar-refractivity contribution in [3.05, 3.63) is 28.8 Å². The van der Waals surface area contributed by atoms with Gasteiger partial charge in [-0.2, -0.15) is 5.26 Å². The second kappa shape index (κ2) is 6.41. The van der Waals surface area contributed by atoms with Gasteiger partial charge in [-0.25, -0.2) is 4.79 Å². The minimum absolute atomic E-state index is 0.148. The number of nitriles is 1. The average molecular weight is 282 g/mol. The Hall–Kier alpha value is -1.77. The Morgan fingerprint density at radius 3 is 2.74 bits per heavy atom. The molecule has 0 aliphatic heterocycles. The lowest BCUT2D eigenvalue weighted by atomic mass is 10.0. The maximum absolute atomic E-state index is 11.8. The number of urea groups is 1. The van der Waals surface area contributed by atoms with Crippen LogP contribution in [-0.2, 0) is 0 Å². The first-order valence-corrected chi connectivity index (χ1v) is 6.21. The third-order valence-corrected chi connectivity index (χ3v) is 3.20. The van der Waals surface area contributed by atoms with Gasteiger partial charge in [0.25, 0.3) is 0 Å². The van der Waals surface area contributed by atoms with Crippen LogP contribution >= 0.6 is 11.6 Å². The predicted octanol–water partition coefficient (Wildman–Crippen LogP) is 2.49. The molecule has 0 radical (unpaired) electrons. The Morgan fingerprint density at radius 2 is 2.26 bits per heavy atom. The lowest BCUT2D eigenvalue weighted by Crippen LogP contribution is -2.50. The SMILES string of the molecule is CCC(C)(CO)NC(=O)Nc1ccc(C#N)c(Cl)c1. The summed E-state index contributed by atoms with van der Waals surface area (Å²) in [5.74, 6) is 0. The van der Waals surface area contributed by atoms with Crippen LogP contribution in [0.3, 0.4) is 0 Å². The van der Waals surface area contributed by atoms with E-state index < -0.39 is 11.6 Å². The van der Waals surface area contributed by atoms with Gasteiger partial charge in [0.2, 0.25) is 0 Å². The van der Waals surface area contributed by atoms with E-state index in [9.17, 15) is 9.90 Å². The van der Waals surface area contributed by atoms with Crippen molar-refractivity contribution in [2.24, 2.45) is 0 Å². The molecule has 0 aliphatic rings. The first-order valence-electron chi connectivity index (χ1n) is 5.84. The van der Waals surface area contributed by atoms with Crippen molar-refractivity contribution in [3.63, 3.8) is 0 Å². The summed E-state index contributed by atoms with van der Waals surface area (Å²) in [4.78, 5) is 11.8. The van der Waals surface area contributed by atoms with E-state index in [2.05, 4.69) is 10.6 Å². The van der Waals surface area contributed by atoms with Gasteiger partial charge in [0.15, 0.2) is 0 Å². The Labute approximate surface area is 117 Å². The fourth-order valence-corrected chi connectivity index (χ4v) is 1.58. The molecule has 1 aromatic carbocycles. The predicted molar refractivity (Wildman–Crippen MR) is 74.1 cm³/mol. The number of nitrogens with zero attached hydrogens (tertiary/aromatic N) is 1. The zero-order chi connectivity index (χ0) is 14.5. The van der Waals surface area contributed by atoms with E-state index in [4.69, 9.17) is 16.9 Å². The number of amides is 2. The van der Waals surface area contributed by atoms with E-state index in [0.29, 0.717) is 17.7 Å². The highest BCUT2D eigenvalue weighted by Crippen LogP contribution is 2.20. The number of carbonyl (C=O) groups excluding carboxylic acids is 1. The standard InChI is InChI=1S/C13H16ClN3O2/c1-3-13(2,8-18)17-12(19)16-10-5-4-9(7-15)11(14)6-10/h4-6,18H,3,8H2,1-2H3,(H2,16,17,19). The van der Waals surface area contributed by atoms with Gasteiger partial charge >= 0.3 is 6.03 Å². The summed E-state index contributed by atoms with van der Waals surface area (Å²) in [5, 5.41) is 23.5. The average Bonchev–Trinajstić information content (AvgIpc) is 2.38. The summed E-state index contributed by atoms with van der Waals surface area (Å²) in [7, 11) is 0. The first-order chi connectivity index (χ1) is 8.94. The van der Waals surface area contributed by atoms with Gasteiger partial charge in [-0.3, -0.25) is 0 Å². The minimum Gasteiger partial charge on any atom is -0.394 e. The topological polar surface area (TPSA) is 85.2 Å². The molecular weight excluding hydrogens is 266 g/mol. The molecule has 0 aromatic heterocycles. The fourth-order valence-electron chi connectivity index (χ4n) is 1.36. The molecule has 0 fully saturated rings. The van der Waals surface area contributed by atoms with Crippen LogP contribution < -0.4 is 10.6 Å². The second-order valence-electron chi connectivity index (χ2n) is 4.46. The van der Waals surface area contributed by atoms with Crippen molar-refractivity contribution in [1.29, 1.82) is 5.26 Å². The summed E-state index contributed by atoms with van der Waals surface area (Å²) >= 11 is 5.87. The number of benzene rings is 1. The molecule has 0 bridgehead atoms. The smallest absolute Gasteiger partial charge is 0.319 e. The third-order valence-electron chi connectivity index (χ3n) is 2.89. The van der Waals surface area contributed by atoms with Crippen LogP contribution in [0.5, 0.6) is 0 Å². The van der Waals surface area contributed by atoms with Crippen molar-refractivity contribution in [2.75, 3.05) is 11.9 Å². The molecule has 0 saturated carbocycles. The highest BCUT2D eigenvalue weighted by Gasteiger charge is 2.23. The molecule has 1 unspecified atom stereocenters. The van der Waals surface area contributed by atoms with Crippen molar-refractivity contribution < 1.29 is 9.90 Å². The summed E-state index contributed by atoms with van der Waals surface area (Å²) < 4.78 is 0. The molecular formula is C13H16ClN3O2. The number of hydrogen-bond acceptors (Lipinski definition) is 3. The number of aliphatic hydroxyl groups is 1. The lowest BCUT2D eigenvalue weighted by molar-refractivity contribution is 0.172. The molecule has 5 nitrogen and oxygen atoms in total. The van der Waals surface area contributed by atoms with E-state index in [-0.39, 0.29) is 11.6 Å². The normalized spacial score (nSPS) is 13.2. The highest BCUT2D eigenvalue weighted by atomic mass is 35.5. The molecule has 3 N–H and O–H groups in total. The van der Waals surface area contributed by atoms with Gasteiger partial charge in [-0.05, 0) is 31.5 Å². The molecule has 102 valence electrons. The number of anilines is 1. The summed E-state index contributed by atoms with van der Waals surface area (Å²) in [6, 6.07) is 6.13. The molecule has 1 rings (SSSR count). The van der Waals surface area contributed by atoms with Gasteiger partial charge in [0.05, 0.1) is 22.7 Å². The maximum atomic E-state index is 11.8. The van der Waals surface area contributed by atoms with E-state index in [0.717, 1.165) is 0 Å². The monoisotopic (exact) mass is 281 g/mol. The third kappa shape index (κ3) is 4.12. The minimum atomic E-state index is -0.666. The largest absolute Gasteiger partial charge is 0.394 e. The molecule has 19 heavy (non-hydrogen) atoms. The molecule has 1 aromatic rings. The van der Waals surface area contributed by atoms with Gasteiger partial charge in [-0.15, -0.1) is 0 Å². The summed E-state index contributed by atoms with van der Waals surface area (Å²) in [6.07, 6.45) is 0.602. The highest BCUT2D eigenvalue weighted by molar-refractivity contribution is 6.32. The maximum Gasteiger partial charge on any atom is 0.319 e. The molecule has 1 atom stereocenters. The van der Waals surface area contributed by atoms with Crippen molar-refractivity contribution in [3.8, 4) is 6.07 Å². The molecule has 0 saturated heterocycles. The molecule has 2 amide bonds. The van der Waals surface area contributed by atoms with E-state index in [1.807, 2.05) is 13.0 Å². The Morgan fingerprint density at radius 1 is 1.58 bits per heavy atom. The van der Waals surface area contributed by atoms with Crippen LogP contribution in [0, 0.1) is 11.3 Å². The number of halogens is 1. The molecule has 6 heteroatoms.